The summed E-state index contributed by atoms with van der Waals surface area (Å²) in [6.07, 6.45) is 5.68. The van der Waals surface area contributed by atoms with Gasteiger partial charge in [-0.15, -0.1) is 5.10 Å². The molecule has 0 radical (unpaired) electrons. The first-order chi connectivity index (χ1) is 11.3. The summed E-state index contributed by atoms with van der Waals surface area (Å²) < 4.78 is 7.33. The Kier molecular flexibility index (Phi) is 3.77. The number of ether oxygens (including phenoxy) is 1. The summed E-state index contributed by atoms with van der Waals surface area (Å²) in [6, 6.07) is 8.55. The van der Waals surface area contributed by atoms with Crippen molar-refractivity contribution in [3.05, 3.63) is 48.5 Å². The Balaban J connectivity index is 1.62. The van der Waals surface area contributed by atoms with Crippen LogP contribution >= 0.6 is 0 Å². The zero-order valence-electron chi connectivity index (χ0n) is 13.1. The van der Waals surface area contributed by atoms with Crippen LogP contribution in [-0.4, -0.2) is 50.7 Å². The van der Waals surface area contributed by atoms with Crippen LogP contribution < -0.4 is 0 Å². The third-order valence-electron chi connectivity index (χ3n) is 4.32. The van der Waals surface area contributed by atoms with Crippen LogP contribution in [0, 0.1) is 0 Å². The maximum Gasteiger partial charge on any atom is 0.0971 e. The maximum atomic E-state index is 5.48. The molecule has 3 heterocycles. The molecule has 1 atom stereocenters. The lowest BCUT2D eigenvalue weighted by atomic mass is 10.1. The smallest absolute Gasteiger partial charge is 0.0971 e. The van der Waals surface area contributed by atoms with Crippen molar-refractivity contribution in [1.29, 1.82) is 0 Å². The minimum absolute atomic E-state index is 0.414. The summed E-state index contributed by atoms with van der Waals surface area (Å²) in [7, 11) is 0. The summed E-state index contributed by atoms with van der Waals surface area (Å²) >= 11 is 0. The molecular weight excluding hydrogens is 290 g/mol. The van der Waals surface area contributed by atoms with Gasteiger partial charge in [0.15, 0.2) is 0 Å². The molecule has 0 bridgehead atoms. The molecule has 0 amide bonds. The van der Waals surface area contributed by atoms with Gasteiger partial charge in [0.05, 0.1) is 30.8 Å². The van der Waals surface area contributed by atoms with Crippen LogP contribution in [0.2, 0.25) is 0 Å². The topological polar surface area (TPSA) is 56.1 Å². The number of aromatic nitrogens is 4. The monoisotopic (exact) mass is 309 g/mol. The molecule has 1 fully saturated rings. The number of hydrogen-bond acceptors (Lipinski definition) is 5. The first-order valence-electron chi connectivity index (χ1n) is 7.87. The predicted molar refractivity (Wildman–Crippen MR) is 87.4 cm³/mol. The molecular formula is C17H19N5O. The first-order valence-corrected chi connectivity index (χ1v) is 7.87. The Morgan fingerprint density at radius 2 is 2.26 bits per heavy atom. The van der Waals surface area contributed by atoms with Crippen LogP contribution in [0.4, 0.5) is 0 Å². The Morgan fingerprint density at radius 3 is 3.17 bits per heavy atom. The van der Waals surface area contributed by atoms with Crippen molar-refractivity contribution < 1.29 is 4.74 Å². The third-order valence-corrected chi connectivity index (χ3v) is 4.32. The van der Waals surface area contributed by atoms with Gasteiger partial charge in [0, 0.05) is 42.3 Å². The van der Waals surface area contributed by atoms with Gasteiger partial charge in [-0.05, 0) is 19.1 Å². The molecule has 2 aromatic heterocycles. The summed E-state index contributed by atoms with van der Waals surface area (Å²) in [5.74, 6) is 0. The van der Waals surface area contributed by atoms with Gasteiger partial charge in [0.2, 0.25) is 0 Å². The quantitative estimate of drug-likeness (QED) is 0.741. The van der Waals surface area contributed by atoms with Crippen molar-refractivity contribution in [1.82, 2.24) is 24.9 Å². The van der Waals surface area contributed by atoms with E-state index in [-0.39, 0.29) is 0 Å². The predicted octanol–water partition coefficient (Wildman–Crippen LogP) is 2.04. The SMILES string of the molecule is C[C@@H]1COCCN1Cc1cn(-c2cccc3cnccc23)nn1. The van der Waals surface area contributed by atoms with E-state index in [0.717, 1.165) is 48.5 Å². The standard InChI is InChI=1S/C17H19N5O/c1-13-12-23-8-7-21(13)10-15-11-22(20-19-15)17-4-2-3-14-9-18-6-5-16(14)17/h2-6,9,11,13H,7-8,10,12H2,1H3/t13-/m1/s1. The molecule has 0 unspecified atom stereocenters. The summed E-state index contributed by atoms with van der Waals surface area (Å²) in [5.41, 5.74) is 2.00. The van der Waals surface area contributed by atoms with E-state index in [1.165, 1.54) is 0 Å². The number of rotatable bonds is 3. The van der Waals surface area contributed by atoms with E-state index in [4.69, 9.17) is 4.74 Å². The molecule has 0 N–H and O–H groups in total. The zero-order valence-corrected chi connectivity index (χ0v) is 13.1. The number of hydrogen-bond donors (Lipinski definition) is 0. The first kappa shape index (κ1) is 14.3. The van der Waals surface area contributed by atoms with Crippen molar-refractivity contribution in [3.63, 3.8) is 0 Å². The molecule has 6 nitrogen and oxygen atoms in total. The minimum Gasteiger partial charge on any atom is -0.379 e. The molecule has 1 aliphatic rings. The second-order valence-electron chi connectivity index (χ2n) is 5.92. The van der Waals surface area contributed by atoms with E-state index in [2.05, 4.69) is 39.3 Å². The molecule has 0 spiro atoms. The Hall–Kier alpha value is -2.31. The highest BCUT2D eigenvalue weighted by atomic mass is 16.5. The van der Waals surface area contributed by atoms with Crippen molar-refractivity contribution in [3.8, 4) is 5.69 Å². The molecule has 4 rings (SSSR count). The van der Waals surface area contributed by atoms with Crippen molar-refractivity contribution in [2.24, 2.45) is 0 Å². The Bertz CT molecular complexity index is 810. The molecule has 0 saturated carbocycles. The number of fused-ring (bicyclic) bond motifs is 1. The van der Waals surface area contributed by atoms with Crippen LogP contribution in [0.5, 0.6) is 0 Å². The fourth-order valence-electron chi connectivity index (χ4n) is 3.00. The normalized spacial score (nSPS) is 19.3. The lowest BCUT2D eigenvalue weighted by molar-refractivity contribution is -0.00492. The maximum absolute atomic E-state index is 5.48. The van der Waals surface area contributed by atoms with E-state index in [9.17, 15) is 0 Å². The lowest BCUT2D eigenvalue weighted by Crippen LogP contribution is -2.42. The second-order valence-corrected chi connectivity index (χ2v) is 5.92. The van der Waals surface area contributed by atoms with Gasteiger partial charge in [0.25, 0.3) is 0 Å². The third kappa shape index (κ3) is 2.83. The lowest BCUT2D eigenvalue weighted by Gasteiger charge is -2.32. The highest BCUT2D eigenvalue weighted by molar-refractivity contribution is 5.89. The molecule has 1 saturated heterocycles. The number of nitrogens with zero attached hydrogens (tertiary/aromatic N) is 5. The van der Waals surface area contributed by atoms with Gasteiger partial charge >= 0.3 is 0 Å². The van der Waals surface area contributed by atoms with Crippen molar-refractivity contribution >= 4 is 10.8 Å². The highest BCUT2D eigenvalue weighted by Gasteiger charge is 2.20. The molecule has 1 aliphatic heterocycles. The molecule has 118 valence electrons. The van der Waals surface area contributed by atoms with Crippen LogP contribution in [0.15, 0.2) is 42.9 Å². The molecule has 23 heavy (non-hydrogen) atoms. The largest absolute Gasteiger partial charge is 0.379 e. The average Bonchev–Trinajstić information content (AvgIpc) is 3.05. The van der Waals surface area contributed by atoms with Gasteiger partial charge in [-0.1, -0.05) is 17.3 Å². The Morgan fingerprint density at radius 1 is 1.30 bits per heavy atom. The van der Waals surface area contributed by atoms with E-state index in [0.29, 0.717) is 6.04 Å². The van der Waals surface area contributed by atoms with E-state index >= 15 is 0 Å². The summed E-state index contributed by atoms with van der Waals surface area (Å²) in [4.78, 5) is 6.55. The fourth-order valence-corrected chi connectivity index (χ4v) is 3.00. The summed E-state index contributed by atoms with van der Waals surface area (Å²) in [6.45, 7) is 5.49. The van der Waals surface area contributed by atoms with Crippen LogP contribution in [0.1, 0.15) is 12.6 Å². The van der Waals surface area contributed by atoms with E-state index in [1.807, 2.05) is 29.2 Å². The van der Waals surface area contributed by atoms with Crippen LogP contribution in [0.3, 0.4) is 0 Å². The van der Waals surface area contributed by atoms with Crippen molar-refractivity contribution in [2.45, 2.75) is 19.5 Å². The summed E-state index contributed by atoms with van der Waals surface area (Å²) in [5, 5.41) is 10.9. The zero-order chi connectivity index (χ0) is 15.6. The van der Waals surface area contributed by atoms with E-state index in [1.54, 1.807) is 6.20 Å². The number of pyridine rings is 1. The average molecular weight is 309 g/mol. The van der Waals surface area contributed by atoms with Gasteiger partial charge in [-0.25, -0.2) is 4.68 Å². The molecule has 1 aromatic carbocycles. The second kappa shape index (κ2) is 6.06. The van der Waals surface area contributed by atoms with Gasteiger partial charge in [-0.3, -0.25) is 9.88 Å². The molecule has 6 heteroatoms. The fraction of sp³-hybridized carbons (Fsp3) is 0.353. The minimum atomic E-state index is 0.414. The van der Waals surface area contributed by atoms with Gasteiger partial charge in [0.1, 0.15) is 0 Å². The van der Waals surface area contributed by atoms with E-state index < -0.39 is 0 Å². The Labute approximate surface area is 134 Å². The molecule has 0 aliphatic carbocycles. The highest BCUT2D eigenvalue weighted by Crippen LogP contribution is 2.21. The number of benzene rings is 1. The van der Waals surface area contributed by atoms with Gasteiger partial charge in [-0.2, -0.15) is 0 Å². The van der Waals surface area contributed by atoms with Crippen LogP contribution in [-0.2, 0) is 11.3 Å². The molecule has 3 aromatic rings. The van der Waals surface area contributed by atoms with Crippen molar-refractivity contribution in [2.75, 3.05) is 19.8 Å². The van der Waals surface area contributed by atoms with Crippen LogP contribution in [0.25, 0.3) is 16.5 Å². The number of morpholine rings is 1. The van der Waals surface area contributed by atoms with Gasteiger partial charge < -0.3 is 4.74 Å².